The zero-order valence-electron chi connectivity index (χ0n) is 13.0. The van der Waals surface area contributed by atoms with Crippen molar-refractivity contribution in [1.29, 1.82) is 0 Å². The van der Waals surface area contributed by atoms with Crippen molar-refractivity contribution in [3.63, 3.8) is 0 Å². The molecule has 118 valence electrons. The molecule has 2 N–H and O–H groups in total. The molecule has 0 spiro atoms. The van der Waals surface area contributed by atoms with E-state index in [-0.39, 0.29) is 24.7 Å². The first-order valence-electron chi connectivity index (χ1n) is 7.18. The molecule has 1 aromatic carbocycles. The number of aliphatic carboxylic acids is 1. The van der Waals surface area contributed by atoms with E-state index in [1.807, 2.05) is 26.0 Å². The highest BCUT2D eigenvalue weighted by atomic mass is 16.4. The second-order valence-corrected chi connectivity index (χ2v) is 6.02. The van der Waals surface area contributed by atoms with Crippen LogP contribution in [0.4, 0.5) is 11.4 Å². The maximum atomic E-state index is 12.2. The summed E-state index contributed by atoms with van der Waals surface area (Å²) in [5, 5.41) is 11.3. The number of hydrogen-bond donors (Lipinski definition) is 2. The lowest BCUT2D eigenvalue weighted by Crippen LogP contribution is -2.33. The summed E-state index contributed by atoms with van der Waals surface area (Å²) >= 11 is 0. The lowest BCUT2D eigenvalue weighted by atomic mass is 9.86. The molecule has 0 unspecified atom stereocenters. The van der Waals surface area contributed by atoms with Crippen LogP contribution in [0.2, 0.25) is 0 Å². The number of carbonyl (C=O) groups is 3. The van der Waals surface area contributed by atoms with Gasteiger partial charge in [-0.15, -0.1) is 0 Å². The molecule has 2 amide bonds. The number of anilines is 2. The van der Waals surface area contributed by atoms with Gasteiger partial charge in [0.2, 0.25) is 11.8 Å². The molecule has 0 atom stereocenters. The number of nitrogens with zero attached hydrogens (tertiary/aromatic N) is 1. The van der Waals surface area contributed by atoms with Gasteiger partial charge in [-0.1, -0.05) is 0 Å². The van der Waals surface area contributed by atoms with Crippen LogP contribution in [0.1, 0.15) is 38.7 Å². The molecule has 0 fully saturated rings. The Bertz CT molecular complexity index is 637. The minimum atomic E-state index is -0.909. The van der Waals surface area contributed by atoms with Crippen LogP contribution in [-0.4, -0.2) is 29.9 Å². The normalized spacial score (nSPS) is 15.6. The van der Waals surface area contributed by atoms with Gasteiger partial charge in [0.05, 0.1) is 5.41 Å². The van der Waals surface area contributed by atoms with Crippen molar-refractivity contribution in [2.24, 2.45) is 0 Å². The van der Waals surface area contributed by atoms with Crippen LogP contribution in [0.5, 0.6) is 0 Å². The Balaban J connectivity index is 2.10. The van der Waals surface area contributed by atoms with Crippen LogP contribution in [-0.2, 0) is 19.8 Å². The third-order valence-corrected chi connectivity index (χ3v) is 3.95. The fourth-order valence-electron chi connectivity index (χ4n) is 2.67. The van der Waals surface area contributed by atoms with Gasteiger partial charge in [-0.25, -0.2) is 0 Å². The lowest BCUT2D eigenvalue weighted by Gasteiger charge is -2.16. The van der Waals surface area contributed by atoms with Gasteiger partial charge >= 0.3 is 5.97 Å². The quantitative estimate of drug-likeness (QED) is 0.872. The summed E-state index contributed by atoms with van der Waals surface area (Å²) in [5.41, 5.74) is 1.73. The molecule has 0 saturated heterocycles. The van der Waals surface area contributed by atoms with Crippen LogP contribution in [0.15, 0.2) is 18.2 Å². The van der Waals surface area contributed by atoms with Crippen LogP contribution >= 0.6 is 0 Å². The molecule has 0 saturated carbocycles. The van der Waals surface area contributed by atoms with Crippen molar-refractivity contribution in [1.82, 2.24) is 0 Å². The summed E-state index contributed by atoms with van der Waals surface area (Å²) in [7, 11) is 1.74. The Kier molecular flexibility index (Phi) is 4.21. The highest BCUT2D eigenvalue weighted by molar-refractivity contribution is 6.07. The molecule has 0 bridgehead atoms. The van der Waals surface area contributed by atoms with E-state index in [0.717, 1.165) is 11.3 Å². The molecular formula is C16H20N2O4. The third kappa shape index (κ3) is 2.95. The summed E-state index contributed by atoms with van der Waals surface area (Å²) in [6.45, 7) is 3.71. The van der Waals surface area contributed by atoms with Crippen LogP contribution in [0.25, 0.3) is 0 Å². The van der Waals surface area contributed by atoms with E-state index >= 15 is 0 Å². The molecule has 6 heteroatoms. The van der Waals surface area contributed by atoms with E-state index in [1.165, 1.54) is 0 Å². The van der Waals surface area contributed by atoms with E-state index in [2.05, 4.69) is 5.32 Å². The Morgan fingerprint density at radius 2 is 1.95 bits per heavy atom. The Morgan fingerprint density at radius 1 is 1.27 bits per heavy atom. The number of carboxylic acids is 1. The van der Waals surface area contributed by atoms with Crippen molar-refractivity contribution in [3.8, 4) is 0 Å². The molecule has 22 heavy (non-hydrogen) atoms. The van der Waals surface area contributed by atoms with E-state index < -0.39 is 11.4 Å². The number of carbonyl (C=O) groups excluding carboxylic acids is 2. The standard InChI is InChI=1S/C16H20N2O4/c1-16(2)11-9-10(7-8-12(11)18(3)15(16)22)17-13(19)5-4-6-14(20)21/h7-9H,4-6H2,1-3H3,(H,17,19)(H,20,21). The maximum absolute atomic E-state index is 12.2. The highest BCUT2D eigenvalue weighted by Crippen LogP contribution is 2.41. The number of carboxylic acid groups (broad SMARTS) is 1. The number of fused-ring (bicyclic) bond motifs is 1. The monoisotopic (exact) mass is 304 g/mol. The van der Waals surface area contributed by atoms with Crippen molar-refractivity contribution in [2.75, 3.05) is 17.3 Å². The Hall–Kier alpha value is -2.37. The fraction of sp³-hybridized carbons (Fsp3) is 0.438. The second-order valence-electron chi connectivity index (χ2n) is 6.02. The average molecular weight is 304 g/mol. The van der Waals surface area contributed by atoms with Crippen LogP contribution < -0.4 is 10.2 Å². The van der Waals surface area contributed by atoms with Crippen LogP contribution in [0, 0.1) is 0 Å². The summed E-state index contributed by atoms with van der Waals surface area (Å²) in [4.78, 5) is 36.1. The average Bonchev–Trinajstić information content (AvgIpc) is 2.60. The van der Waals surface area contributed by atoms with E-state index in [0.29, 0.717) is 12.1 Å². The van der Waals surface area contributed by atoms with E-state index in [9.17, 15) is 14.4 Å². The second kappa shape index (κ2) is 5.79. The minimum Gasteiger partial charge on any atom is -0.481 e. The first-order chi connectivity index (χ1) is 10.2. The van der Waals surface area contributed by atoms with Crippen molar-refractivity contribution in [2.45, 2.75) is 38.5 Å². The van der Waals surface area contributed by atoms with Gasteiger partial charge in [-0.3, -0.25) is 14.4 Å². The number of nitrogens with one attached hydrogen (secondary N) is 1. The highest BCUT2D eigenvalue weighted by Gasteiger charge is 2.42. The van der Waals surface area contributed by atoms with Gasteiger partial charge in [0.1, 0.15) is 0 Å². The van der Waals surface area contributed by atoms with E-state index in [4.69, 9.17) is 5.11 Å². The number of rotatable bonds is 5. The van der Waals surface area contributed by atoms with Gasteiger partial charge in [0.25, 0.3) is 0 Å². The number of benzene rings is 1. The summed E-state index contributed by atoms with van der Waals surface area (Å²) in [6.07, 6.45) is 0.439. The summed E-state index contributed by atoms with van der Waals surface area (Å²) in [6, 6.07) is 5.37. The van der Waals surface area contributed by atoms with Crippen molar-refractivity contribution in [3.05, 3.63) is 23.8 Å². The number of hydrogen-bond acceptors (Lipinski definition) is 3. The predicted molar refractivity (Wildman–Crippen MR) is 83.0 cm³/mol. The van der Waals surface area contributed by atoms with Gasteiger partial charge < -0.3 is 15.3 Å². The SMILES string of the molecule is CN1C(=O)C(C)(C)c2cc(NC(=O)CCCC(=O)O)ccc21. The summed E-state index contributed by atoms with van der Waals surface area (Å²) in [5.74, 6) is -1.11. The smallest absolute Gasteiger partial charge is 0.303 e. The minimum absolute atomic E-state index is 0.0208. The molecule has 6 nitrogen and oxygen atoms in total. The molecule has 0 aromatic heterocycles. The molecule has 1 heterocycles. The van der Waals surface area contributed by atoms with Crippen molar-refractivity contribution < 1.29 is 19.5 Å². The first kappa shape index (κ1) is 16.0. The molecule has 1 aliphatic rings. The maximum Gasteiger partial charge on any atom is 0.303 e. The summed E-state index contributed by atoms with van der Waals surface area (Å²) < 4.78 is 0. The molecule has 1 aromatic rings. The zero-order chi connectivity index (χ0) is 16.5. The topological polar surface area (TPSA) is 86.7 Å². The zero-order valence-corrected chi connectivity index (χ0v) is 13.0. The molecule has 1 aliphatic heterocycles. The Morgan fingerprint density at radius 3 is 2.59 bits per heavy atom. The van der Waals surface area contributed by atoms with Crippen molar-refractivity contribution >= 4 is 29.2 Å². The number of amides is 2. The van der Waals surface area contributed by atoms with E-state index in [1.54, 1.807) is 18.0 Å². The molecule has 0 aliphatic carbocycles. The largest absolute Gasteiger partial charge is 0.481 e. The Labute approximate surface area is 129 Å². The first-order valence-corrected chi connectivity index (χ1v) is 7.18. The molecular weight excluding hydrogens is 284 g/mol. The van der Waals surface area contributed by atoms with Crippen LogP contribution in [0.3, 0.4) is 0 Å². The van der Waals surface area contributed by atoms with Gasteiger partial charge in [0.15, 0.2) is 0 Å². The van der Waals surface area contributed by atoms with Gasteiger partial charge in [0, 0.05) is 31.3 Å². The fourth-order valence-corrected chi connectivity index (χ4v) is 2.67. The van der Waals surface area contributed by atoms with Gasteiger partial charge in [-0.2, -0.15) is 0 Å². The third-order valence-electron chi connectivity index (χ3n) is 3.95. The molecule has 2 rings (SSSR count). The predicted octanol–water partition coefficient (Wildman–Crippen LogP) is 2.13. The van der Waals surface area contributed by atoms with Gasteiger partial charge in [-0.05, 0) is 44.0 Å². The lowest BCUT2D eigenvalue weighted by molar-refractivity contribution is -0.137. The number of likely N-dealkylation sites (N-methyl/N-ethyl adjacent to an activating group) is 1. The molecule has 0 radical (unpaired) electrons.